The lowest BCUT2D eigenvalue weighted by atomic mass is 10.1. The Morgan fingerprint density at radius 3 is 2.78 bits per heavy atom. The number of thiazole rings is 1. The highest BCUT2D eigenvalue weighted by molar-refractivity contribution is 7.22. The Labute approximate surface area is 145 Å². The molecule has 0 spiro atoms. The van der Waals surface area contributed by atoms with E-state index in [2.05, 4.69) is 10.3 Å². The van der Waals surface area contributed by atoms with Gasteiger partial charge < -0.3 is 5.73 Å². The first-order valence-electron chi connectivity index (χ1n) is 6.40. The van der Waals surface area contributed by atoms with Crippen LogP contribution in [0.2, 0.25) is 10.0 Å². The summed E-state index contributed by atoms with van der Waals surface area (Å²) < 4.78 is 0.846. The van der Waals surface area contributed by atoms with Crippen molar-refractivity contribution >= 4 is 67.8 Å². The summed E-state index contributed by atoms with van der Waals surface area (Å²) >= 11 is 13.4. The number of nitrogens with two attached hydrogens (primary N) is 1. The van der Waals surface area contributed by atoms with E-state index in [0.717, 1.165) is 10.2 Å². The molecular weight excluding hydrogens is 357 g/mol. The van der Waals surface area contributed by atoms with Gasteiger partial charge in [-0.25, -0.2) is 4.98 Å². The Hall–Kier alpha value is -2.15. The summed E-state index contributed by atoms with van der Waals surface area (Å²) in [5.41, 5.74) is 7.29. The SMILES string of the molecule is Nc1ccc2nc(NC(=O)c3c(Cl)ccc(C=O)c3Cl)sc2c1. The first-order chi connectivity index (χ1) is 11.0. The van der Waals surface area contributed by atoms with Gasteiger partial charge in [-0.3, -0.25) is 14.9 Å². The Kier molecular flexibility index (Phi) is 4.21. The highest BCUT2D eigenvalue weighted by Gasteiger charge is 2.19. The number of nitrogens with one attached hydrogen (secondary N) is 1. The molecule has 0 bridgehead atoms. The summed E-state index contributed by atoms with van der Waals surface area (Å²) in [7, 11) is 0. The Morgan fingerprint density at radius 2 is 2.04 bits per heavy atom. The van der Waals surface area contributed by atoms with E-state index < -0.39 is 5.91 Å². The van der Waals surface area contributed by atoms with Crippen molar-refractivity contribution in [1.82, 2.24) is 4.98 Å². The van der Waals surface area contributed by atoms with E-state index in [4.69, 9.17) is 28.9 Å². The number of hydrogen-bond acceptors (Lipinski definition) is 5. The normalized spacial score (nSPS) is 10.7. The van der Waals surface area contributed by atoms with E-state index in [0.29, 0.717) is 17.1 Å². The van der Waals surface area contributed by atoms with Crippen LogP contribution in [0.4, 0.5) is 10.8 Å². The number of hydrogen-bond donors (Lipinski definition) is 2. The number of nitrogens with zero attached hydrogens (tertiary/aromatic N) is 1. The Bertz CT molecular complexity index is 940. The highest BCUT2D eigenvalue weighted by atomic mass is 35.5. The molecule has 0 radical (unpaired) electrons. The molecule has 1 amide bonds. The molecule has 0 aliphatic heterocycles. The second-order valence-electron chi connectivity index (χ2n) is 4.64. The van der Waals surface area contributed by atoms with Crippen LogP contribution in [0.5, 0.6) is 0 Å². The van der Waals surface area contributed by atoms with Crippen molar-refractivity contribution in [3.05, 3.63) is 51.5 Å². The fourth-order valence-electron chi connectivity index (χ4n) is 2.02. The van der Waals surface area contributed by atoms with Crippen LogP contribution in [-0.4, -0.2) is 17.2 Å². The highest BCUT2D eigenvalue weighted by Crippen LogP contribution is 2.31. The lowest BCUT2D eigenvalue weighted by Crippen LogP contribution is -2.13. The van der Waals surface area contributed by atoms with Crippen LogP contribution >= 0.6 is 34.5 Å². The lowest BCUT2D eigenvalue weighted by Gasteiger charge is -2.07. The number of aldehydes is 1. The number of nitrogen functional groups attached to an aromatic ring is 1. The number of fused-ring (bicyclic) bond motifs is 1. The van der Waals surface area contributed by atoms with Crippen LogP contribution in [0, 0.1) is 0 Å². The van der Waals surface area contributed by atoms with Crippen molar-refractivity contribution in [1.29, 1.82) is 0 Å². The van der Waals surface area contributed by atoms with Gasteiger partial charge in [-0.2, -0.15) is 0 Å². The largest absolute Gasteiger partial charge is 0.399 e. The van der Waals surface area contributed by atoms with E-state index in [1.165, 1.54) is 23.5 Å². The average Bonchev–Trinajstić information content (AvgIpc) is 2.88. The maximum atomic E-state index is 12.4. The molecular formula is C15H9Cl2N3O2S. The molecule has 5 nitrogen and oxygen atoms in total. The van der Waals surface area contributed by atoms with Gasteiger partial charge in [0.05, 0.1) is 25.8 Å². The number of benzene rings is 2. The third-order valence-corrected chi connectivity index (χ3v) is 4.76. The zero-order valence-corrected chi connectivity index (χ0v) is 13.8. The smallest absolute Gasteiger partial charge is 0.260 e. The van der Waals surface area contributed by atoms with Gasteiger partial charge >= 0.3 is 0 Å². The van der Waals surface area contributed by atoms with Crippen molar-refractivity contribution in [2.24, 2.45) is 0 Å². The third-order valence-electron chi connectivity index (χ3n) is 3.11. The molecule has 0 fully saturated rings. The summed E-state index contributed by atoms with van der Waals surface area (Å²) in [5.74, 6) is -0.532. The van der Waals surface area contributed by atoms with Crippen LogP contribution in [-0.2, 0) is 0 Å². The first-order valence-corrected chi connectivity index (χ1v) is 7.97. The Morgan fingerprint density at radius 1 is 1.26 bits per heavy atom. The molecule has 3 rings (SSSR count). The van der Waals surface area contributed by atoms with Crippen LogP contribution in [0.3, 0.4) is 0 Å². The molecule has 23 heavy (non-hydrogen) atoms. The molecule has 3 N–H and O–H groups in total. The number of aromatic nitrogens is 1. The minimum absolute atomic E-state index is 0.00959. The average molecular weight is 366 g/mol. The molecule has 1 aromatic heterocycles. The maximum Gasteiger partial charge on any atom is 0.260 e. The quantitative estimate of drug-likeness (QED) is 0.536. The number of halogens is 2. The Balaban J connectivity index is 1.96. The standard InChI is InChI=1S/C15H9Cl2N3O2S/c16-9-3-1-7(6-21)13(17)12(9)14(22)20-15-19-10-4-2-8(18)5-11(10)23-15/h1-6H,18H2,(H,19,20,22). The third kappa shape index (κ3) is 3.01. The van der Waals surface area contributed by atoms with Crippen LogP contribution in [0.1, 0.15) is 20.7 Å². The molecule has 2 aromatic carbocycles. The van der Waals surface area contributed by atoms with Crippen LogP contribution in [0.25, 0.3) is 10.2 Å². The second-order valence-corrected chi connectivity index (χ2v) is 6.46. The topological polar surface area (TPSA) is 85.1 Å². The van der Waals surface area contributed by atoms with Crippen molar-refractivity contribution < 1.29 is 9.59 Å². The van der Waals surface area contributed by atoms with E-state index in [9.17, 15) is 9.59 Å². The van der Waals surface area contributed by atoms with Crippen LogP contribution in [0.15, 0.2) is 30.3 Å². The molecule has 0 atom stereocenters. The van der Waals surface area contributed by atoms with Gasteiger partial charge in [-0.05, 0) is 30.3 Å². The van der Waals surface area contributed by atoms with Crippen molar-refractivity contribution in [3.63, 3.8) is 0 Å². The van der Waals surface area contributed by atoms with Gasteiger partial charge in [-0.15, -0.1) is 0 Å². The predicted octanol–water partition coefficient (Wildman–Crippen LogP) is 4.25. The second kappa shape index (κ2) is 6.16. The molecule has 116 valence electrons. The monoisotopic (exact) mass is 365 g/mol. The molecule has 1 heterocycles. The molecule has 3 aromatic rings. The zero-order chi connectivity index (χ0) is 16.6. The maximum absolute atomic E-state index is 12.4. The van der Waals surface area contributed by atoms with Crippen molar-refractivity contribution in [2.75, 3.05) is 11.1 Å². The number of rotatable bonds is 3. The van der Waals surface area contributed by atoms with Gasteiger partial charge in [0.2, 0.25) is 0 Å². The fourth-order valence-corrected chi connectivity index (χ4v) is 3.52. The fraction of sp³-hybridized carbons (Fsp3) is 0. The zero-order valence-electron chi connectivity index (χ0n) is 11.5. The summed E-state index contributed by atoms with van der Waals surface area (Å²) in [5, 5.41) is 3.20. The van der Waals surface area contributed by atoms with E-state index in [1.807, 2.05) is 0 Å². The first kappa shape index (κ1) is 15.7. The summed E-state index contributed by atoms with van der Waals surface area (Å²) in [6.45, 7) is 0. The molecule has 0 saturated carbocycles. The minimum Gasteiger partial charge on any atom is -0.399 e. The van der Waals surface area contributed by atoms with Crippen LogP contribution < -0.4 is 11.1 Å². The van der Waals surface area contributed by atoms with Crippen molar-refractivity contribution in [2.45, 2.75) is 0 Å². The van der Waals surface area contributed by atoms with Gasteiger partial charge in [0.1, 0.15) is 0 Å². The van der Waals surface area contributed by atoms with Crippen molar-refractivity contribution in [3.8, 4) is 0 Å². The number of carbonyl (C=O) groups is 2. The van der Waals surface area contributed by atoms with E-state index in [1.54, 1.807) is 18.2 Å². The molecule has 8 heteroatoms. The summed E-state index contributed by atoms with van der Waals surface area (Å²) in [6, 6.07) is 8.18. The predicted molar refractivity (Wildman–Crippen MR) is 93.8 cm³/mol. The van der Waals surface area contributed by atoms with E-state index >= 15 is 0 Å². The number of anilines is 2. The van der Waals surface area contributed by atoms with E-state index in [-0.39, 0.29) is 21.2 Å². The van der Waals surface area contributed by atoms with Gasteiger partial charge in [-0.1, -0.05) is 34.5 Å². The lowest BCUT2D eigenvalue weighted by molar-refractivity contribution is 0.102. The molecule has 0 aliphatic carbocycles. The summed E-state index contributed by atoms with van der Waals surface area (Å²) in [6.07, 6.45) is 0.565. The van der Waals surface area contributed by atoms with Gasteiger partial charge in [0.25, 0.3) is 5.91 Å². The molecule has 0 saturated heterocycles. The van der Waals surface area contributed by atoms with Gasteiger partial charge in [0, 0.05) is 11.3 Å². The summed E-state index contributed by atoms with van der Waals surface area (Å²) in [4.78, 5) is 27.6. The minimum atomic E-state index is -0.532. The van der Waals surface area contributed by atoms with Gasteiger partial charge in [0.15, 0.2) is 11.4 Å². The molecule has 0 unspecified atom stereocenters. The molecule has 0 aliphatic rings. The number of carbonyl (C=O) groups excluding carboxylic acids is 2. The number of amides is 1.